The Morgan fingerprint density at radius 3 is 2.29 bits per heavy atom. The number of piperazine rings is 1. The van der Waals surface area contributed by atoms with Crippen LogP contribution in [0, 0.1) is 5.82 Å². The van der Waals surface area contributed by atoms with Crippen LogP contribution in [0.5, 0.6) is 0 Å². The van der Waals surface area contributed by atoms with E-state index in [9.17, 15) is 14.0 Å². The van der Waals surface area contributed by atoms with Gasteiger partial charge in [-0.1, -0.05) is 18.2 Å². The van der Waals surface area contributed by atoms with Crippen LogP contribution in [0.2, 0.25) is 0 Å². The lowest BCUT2D eigenvalue weighted by molar-refractivity contribution is -0.137. The molecular weight excluding hydrogens is 447 g/mol. The number of ether oxygens (including phenoxy) is 1. The van der Waals surface area contributed by atoms with Crippen LogP contribution in [0.3, 0.4) is 0 Å². The minimum absolute atomic E-state index is 0.125. The van der Waals surface area contributed by atoms with Crippen LogP contribution in [-0.4, -0.2) is 90.5 Å². The molecule has 2 aromatic carbocycles. The Balaban J connectivity index is 1.19. The molecule has 0 unspecified atom stereocenters. The number of morpholine rings is 1. The van der Waals surface area contributed by atoms with Gasteiger partial charge in [0, 0.05) is 62.3 Å². The first kappa shape index (κ1) is 23.5. The average molecular weight is 479 g/mol. The number of aromatic nitrogens is 1. The van der Waals surface area contributed by atoms with E-state index in [1.807, 2.05) is 28.0 Å². The largest absolute Gasteiger partial charge is 0.378 e. The lowest BCUT2D eigenvalue weighted by atomic mass is 10.0. The summed E-state index contributed by atoms with van der Waals surface area (Å²) in [6.45, 7) is 5.60. The number of benzene rings is 2. The first-order chi connectivity index (χ1) is 17.1. The van der Waals surface area contributed by atoms with Gasteiger partial charge in [0.05, 0.1) is 19.8 Å². The molecule has 7 nitrogen and oxygen atoms in total. The van der Waals surface area contributed by atoms with E-state index < -0.39 is 0 Å². The van der Waals surface area contributed by atoms with E-state index in [1.54, 1.807) is 12.1 Å². The molecule has 1 N–H and O–H groups in total. The topological polar surface area (TPSA) is 68.9 Å². The van der Waals surface area contributed by atoms with Crippen molar-refractivity contribution in [1.29, 1.82) is 0 Å². The lowest BCUT2D eigenvalue weighted by Gasteiger charge is -2.36. The van der Waals surface area contributed by atoms with E-state index in [2.05, 4.69) is 16.0 Å². The summed E-state index contributed by atoms with van der Waals surface area (Å²) >= 11 is 0. The molecule has 1 aromatic heterocycles. The number of nitrogens with zero attached hydrogens (tertiary/aromatic N) is 3. The summed E-state index contributed by atoms with van der Waals surface area (Å²) in [5, 5.41) is 1.09. The third-order valence-corrected chi connectivity index (χ3v) is 6.98. The van der Waals surface area contributed by atoms with Gasteiger partial charge in [0.15, 0.2) is 0 Å². The molecular formula is C27H31FN4O3. The Morgan fingerprint density at radius 2 is 1.54 bits per heavy atom. The molecule has 2 aliphatic rings. The molecule has 0 bridgehead atoms. The van der Waals surface area contributed by atoms with Crippen LogP contribution in [-0.2, 0) is 20.7 Å². The van der Waals surface area contributed by atoms with Crippen LogP contribution >= 0.6 is 0 Å². The number of carbonyl (C=O) groups excluding carboxylic acids is 2. The average Bonchev–Trinajstić information content (AvgIpc) is 3.27. The Bertz CT molecular complexity index is 1180. The number of amides is 2. The highest BCUT2D eigenvalue weighted by atomic mass is 19.1. The minimum Gasteiger partial charge on any atom is -0.378 e. The van der Waals surface area contributed by atoms with E-state index in [4.69, 9.17) is 4.74 Å². The third kappa shape index (κ3) is 5.39. The Hall–Kier alpha value is -3.23. The number of carbonyl (C=O) groups is 2. The van der Waals surface area contributed by atoms with Crippen molar-refractivity contribution in [3.63, 3.8) is 0 Å². The fourth-order valence-corrected chi connectivity index (χ4v) is 4.97. The molecule has 184 valence electrons. The first-order valence-electron chi connectivity index (χ1n) is 12.3. The van der Waals surface area contributed by atoms with Crippen molar-refractivity contribution in [1.82, 2.24) is 19.7 Å². The van der Waals surface area contributed by atoms with Gasteiger partial charge in [-0.25, -0.2) is 4.39 Å². The predicted octanol–water partition coefficient (Wildman–Crippen LogP) is 2.91. The summed E-state index contributed by atoms with van der Waals surface area (Å²) in [4.78, 5) is 34.9. The number of aryl methyl sites for hydroxylation is 1. The number of para-hydroxylation sites is 1. The minimum atomic E-state index is -0.271. The molecule has 0 atom stereocenters. The summed E-state index contributed by atoms with van der Waals surface area (Å²) in [5.41, 5.74) is 3.93. The molecule has 35 heavy (non-hydrogen) atoms. The van der Waals surface area contributed by atoms with E-state index in [1.165, 1.54) is 12.1 Å². The number of hydrogen-bond donors (Lipinski definition) is 1. The number of nitrogens with one attached hydrogen (secondary N) is 1. The number of rotatable bonds is 6. The molecule has 2 aliphatic heterocycles. The Morgan fingerprint density at radius 1 is 0.857 bits per heavy atom. The van der Waals surface area contributed by atoms with Crippen LogP contribution in [0.4, 0.5) is 4.39 Å². The summed E-state index contributed by atoms with van der Waals surface area (Å²) in [5.74, 6) is -0.00685. The molecule has 2 fully saturated rings. The SMILES string of the molecule is O=C(CCc1c(-c2ccc(F)cc2)[nH]c2ccccc12)N1CCN(CC(=O)N2CCOCC2)CC1. The second-order valence-electron chi connectivity index (χ2n) is 9.18. The fraction of sp³-hybridized carbons (Fsp3) is 0.407. The fourth-order valence-electron chi connectivity index (χ4n) is 4.97. The summed E-state index contributed by atoms with van der Waals surface area (Å²) in [6, 6.07) is 14.5. The molecule has 3 aromatic rings. The zero-order chi connectivity index (χ0) is 24.2. The standard InChI is InChI=1S/C27H31FN4O3/c28-21-7-5-20(6-8-21)27-23(22-3-1-2-4-24(22)29-27)9-10-25(33)31-13-11-30(12-14-31)19-26(34)32-15-17-35-18-16-32/h1-8,29H,9-19H2. The van der Waals surface area contributed by atoms with Gasteiger partial charge in [-0.15, -0.1) is 0 Å². The van der Waals surface area contributed by atoms with Crippen molar-refractivity contribution < 1.29 is 18.7 Å². The van der Waals surface area contributed by atoms with Crippen LogP contribution < -0.4 is 0 Å². The van der Waals surface area contributed by atoms with Crippen LogP contribution in [0.1, 0.15) is 12.0 Å². The lowest BCUT2D eigenvalue weighted by Crippen LogP contribution is -2.52. The zero-order valence-electron chi connectivity index (χ0n) is 19.8. The van der Waals surface area contributed by atoms with Gasteiger partial charge in [0.25, 0.3) is 0 Å². The number of H-pyrrole nitrogens is 1. The highest BCUT2D eigenvalue weighted by Crippen LogP contribution is 2.31. The van der Waals surface area contributed by atoms with Gasteiger partial charge < -0.3 is 19.5 Å². The monoisotopic (exact) mass is 478 g/mol. The van der Waals surface area contributed by atoms with E-state index in [0.29, 0.717) is 71.9 Å². The quantitative estimate of drug-likeness (QED) is 0.592. The van der Waals surface area contributed by atoms with Crippen molar-refractivity contribution >= 4 is 22.7 Å². The van der Waals surface area contributed by atoms with E-state index in [-0.39, 0.29) is 17.6 Å². The molecule has 0 radical (unpaired) electrons. The Labute approximate surface area is 204 Å². The van der Waals surface area contributed by atoms with Crippen molar-refractivity contribution in [3.05, 3.63) is 59.9 Å². The van der Waals surface area contributed by atoms with Crippen molar-refractivity contribution in [2.75, 3.05) is 59.0 Å². The second-order valence-corrected chi connectivity index (χ2v) is 9.18. The van der Waals surface area contributed by atoms with Gasteiger partial charge in [-0.3, -0.25) is 14.5 Å². The molecule has 5 rings (SSSR count). The zero-order valence-corrected chi connectivity index (χ0v) is 19.8. The van der Waals surface area contributed by atoms with Crippen molar-refractivity contribution in [3.8, 4) is 11.3 Å². The van der Waals surface area contributed by atoms with Crippen LogP contribution in [0.25, 0.3) is 22.2 Å². The van der Waals surface area contributed by atoms with E-state index in [0.717, 1.165) is 27.7 Å². The maximum Gasteiger partial charge on any atom is 0.236 e. The third-order valence-electron chi connectivity index (χ3n) is 6.98. The predicted molar refractivity (Wildman–Crippen MR) is 132 cm³/mol. The van der Waals surface area contributed by atoms with Crippen LogP contribution in [0.15, 0.2) is 48.5 Å². The molecule has 3 heterocycles. The number of fused-ring (bicyclic) bond motifs is 1. The number of hydrogen-bond acceptors (Lipinski definition) is 4. The maximum absolute atomic E-state index is 13.5. The molecule has 0 saturated carbocycles. The summed E-state index contributed by atoms with van der Waals surface area (Å²) in [6.07, 6.45) is 1.01. The Kier molecular flexibility index (Phi) is 7.11. The highest BCUT2D eigenvalue weighted by molar-refractivity contribution is 5.91. The number of halogens is 1. The summed E-state index contributed by atoms with van der Waals surface area (Å²) in [7, 11) is 0. The van der Waals surface area contributed by atoms with Crippen molar-refractivity contribution in [2.45, 2.75) is 12.8 Å². The van der Waals surface area contributed by atoms with Gasteiger partial charge in [0.2, 0.25) is 11.8 Å². The first-order valence-corrected chi connectivity index (χ1v) is 12.3. The highest BCUT2D eigenvalue weighted by Gasteiger charge is 2.25. The van der Waals surface area contributed by atoms with Gasteiger partial charge in [-0.05, 0) is 47.9 Å². The van der Waals surface area contributed by atoms with Gasteiger partial charge in [-0.2, -0.15) is 0 Å². The maximum atomic E-state index is 13.5. The second kappa shape index (κ2) is 10.6. The summed E-state index contributed by atoms with van der Waals surface area (Å²) < 4.78 is 18.8. The molecule has 0 spiro atoms. The molecule has 0 aliphatic carbocycles. The smallest absolute Gasteiger partial charge is 0.236 e. The van der Waals surface area contributed by atoms with Gasteiger partial charge >= 0.3 is 0 Å². The molecule has 2 amide bonds. The molecule has 8 heteroatoms. The van der Waals surface area contributed by atoms with Gasteiger partial charge in [0.1, 0.15) is 5.82 Å². The number of aromatic amines is 1. The van der Waals surface area contributed by atoms with E-state index >= 15 is 0 Å². The van der Waals surface area contributed by atoms with Crippen molar-refractivity contribution in [2.24, 2.45) is 0 Å². The molecule has 2 saturated heterocycles. The normalized spacial score (nSPS) is 17.2.